The molecule has 0 amide bonds. The Bertz CT molecular complexity index is 533. The lowest BCUT2D eigenvalue weighted by Gasteiger charge is -2.17. The smallest absolute Gasteiger partial charge is 0.126 e. The third kappa shape index (κ3) is 2.62. The van der Waals surface area contributed by atoms with Gasteiger partial charge < -0.3 is 9.73 Å². The van der Waals surface area contributed by atoms with E-state index in [1.54, 1.807) is 19.3 Å². The molecule has 3 heteroatoms. The predicted molar refractivity (Wildman–Crippen MR) is 70.1 cm³/mol. The quantitative estimate of drug-likeness (QED) is 0.890. The van der Waals surface area contributed by atoms with E-state index in [4.69, 9.17) is 4.42 Å². The highest BCUT2D eigenvalue weighted by atomic mass is 19.1. The van der Waals surface area contributed by atoms with Crippen molar-refractivity contribution >= 4 is 0 Å². The molecule has 0 aliphatic rings. The molecule has 1 unspecified atom stereocenters. The Labute approximate surface area is 107 Å². The van der Waals surface area contributed by atoms with Crippen molar-refractivity contribution < 1.29 is 8.81 Å². The SMILES string of the molecule is CCNC(c1coc(C)c1)c1ccc(C)c(F)c1. The second-order valence-electron chi connectivity index (χ2n) is 4.49. The van der Waals surface area contributed by atoms with Gasteiger partial charge in [0.15, 0.2) is 0 Å². The van der Waals surface area contributed by atoms with Gasteiger partial charge in [-0.25, -0.2) is 4.39 Å². The van der Waals surface area contributed by atoms with Gasteiger partial charge in [-0.1, -0.05) is 19.1 Å². The van der Waals surface area contributed by atoms with Crippen LogP contribution in [0.3, 0.4) is 0 Å². The molecule has 1 N–H and O–H groups in total. The van der Waals surface area contributed by atoms with Gasteiger partial charge in [-0.2, -0.15) is 0 Å². The molecule has 18 heavy (non-hydrogen) atoms. The molecule has 0 saturated carbocycles. The van der Waals surface area contributed by atoms with Crippen molar-refractivity contribution in [3.8, 4) is 0 Å². The molecule has 96 valence electrons. The number of benzene rings is 1. The lowest BCUT2D eigenvalue weighted by molar-refractivity contribution is 0.525. The van der Waals surface area contributed by atoms with Crippen molar-refractivity contribution in [2.75, 3.05) is 6.54 Å². The van der Waals surface area contributed by atoms with E-state index in [2.05, 4.69) is 5.32 Å². The summed E-state index contributed by atoms with van der Waals surface area (Å²) < 4.78 is 19.0. The molecule has 2 rings (SSSR count). The lowest BCUT2D eigenvalue weighted by atomic mass is 9.99. The summed E-state index contributed by atoms with van der Waals surface area (Å²) in [6.45, 7) is 6.51. The van der Waals surface area contributed by atoms with Crippen molar-refractivity contribution in [3.05, 3.63) is 58.8 Å². The Kier molecular flexibility index (Phi) is 3.82. The van der Waals surface area contributed by atoms with Crippen LogP contribution in [0.15, 0.2) is 34.9 Å². The van der Waals surface area contributed by atoms with Crippen LogP contribution in [0.2, 0.25) is 0 Å². The third-order valence-corrected chi connectivity index (χ3v) is 3.02. The summed E-state index contributed by atoms with van der Waals surface area (Å²) >= 11 is 0. The van der Waals surface area contributed by atoms with E-state index in [0.29, 0.717) is 5.56 Å². The summed E-state index contributed by atoms with van der Waals surface area (Å²) in [4.78, 5) is 0. The lowest BCUT2D eigenvalue weighted by Crippen LogP contribution is -2.21. The zero-order valence-electron chi connectivity index (χ0n) is 11.0. The van der Waals surface area contributed by atoms with Crippen LogP contribution in [0.5, 0.6) is 0 Å². The van der Waals surface area contributed by atoms with Gasteiger partial charge in [0.25, 0.3) is 0 Å². The van der Waals surface area contributed by atoms with E-state index in [9.17, 15) is 4.39 Å². The van der Waals surface area contributed by atoms with Crippen LogP contribution in [0.1, 0.15) is 35.4 Å². The fourth-order valence-corrected chi connectivity index (χ4v) is 2.04. The van der Waals surface area contributed by atoms with Gasteiger partial charge in [0, 0.05) is 5.56 Å². The maximum Gasteiger partial charge on any atom is 0.126 e. The zero-order valence-corrected chi connectivity index (χ0v) is 11.0. The second-order valence-corrected chi connectivity index (χ2v) is 4.49. The van der Waals surface area contributed by atoms with Crippen molar-refractivity contribution in [1.29, 1.82) is 0 Å². The van der Waals surface area contributed by atoms with Crippen LogP contribution in [-0.2, 0) is 0 Å². The molecule has 0 spiro atoms. The van der Waals surface area contributed by atoms with Crippen LogP contribution in [0.4, 0.5) is 4.39 Å². The third-order valence-electron chi connectivity index (χ3n) is 3.02. The van der Waals surface area contributed by atoms with Gasteiger partial charge >= 0.3 is 0 Å². The van der Waals surface area contributed by atoms with E-state index in [1.165, 1.54) is 0 Å². The van der Waals surface area contributed by atoms with Crippen molar-refractivity contribution in [2.24, 2.45) is 0 Å². The summed E-state index contributed by atoms with van der Waals surface area (Å²) in [7, 11) is 0. The predicted octanol–water partition coefficient (Wildman–Crippen LogP) is 3.73. The number of hydrogen-bond donors (Lipinski definition) is 1. The highest BCUT2D eigenvalue weighted by molar-refractivity contribution is 5.33. The maximum absolute atomic E-state index is 13.6. The number of hydrogen-bond acceptors (Lipinski definition) is 2. The Morgan fingerprint density at radius 2 is 2.00 bits per heavy atom. The highest BCUT2D eigenvalue weighted by Gasteiger charge is 2.16. The molecule has 1 atom stereocenters. The van der Waals surface area contributed by atoms with Gasteiger partial charge in [-0.3, -0.25) is 0 Å². The average molecular weight is 247 g/mol. The Balaban J connectivity index is 2.37. The topological polar surface area (TPSA) is 25.2 Å². The van der Waals surface area contributed by atoms with Crippen LogP contribution in [-0.4, -0.2) is 6.54 Å². The first-order valence-electron chi connectivity index (χ1n) is 6.16. The van der Waals surface area contributed by atoms with Crippen molar-refractivity contribution in [3.63, 3.8) is 0 Å². The van der Waals surface area contributed by atoms with Crippen molar-refractivity contribution in [1.82, 2.24) is 5.32 Å². The number of aryl methyl sites for hydroxylation is 2. The summed E-state index contributed by atoms with van der Waals surface area (Å²) in [5, 5.41) is 3.35. The summed E-state index contributed by atoms with van der Waals surface area (Å²) in [6.07, 6.45) is 1.72. The number of halogens is 1. The fourth-order valence-electron chi connectivity index (χ4n) is 2.04. The molecule has 2 nitrogen and oxygen atoms in total. The van der Waals surface area contributed by atoms with E-state index >= 15 is 0 Å². The Morgan fingerprint density at radius 3 is 2.56 bits per heavy atom. The maximum atomic E-state index is 13.6. The Morgan fingerprint density at radius 1 is 1.22 bits per heavy atom. The molecule has 2 aromatic rings. The van der Waals surface area contributed by atoms with Gasteiger partial charge in [-0.15, -0.1) is 0 Å². The average Bonchev–Trinajstić information content (AvgIpc) is 2.76. The molecule has 0 fully saturated rings. The monoisotopic (exact) mass is 247 g/mol. The van der Waals surface area contributed by atoms with Crippen molar-refractivity contribution in [2.45, 2.75) is 26.8 Å². The summed E-state index contributed by atoms with van der Waals surface area (Å²) in [6, 6.07) is 7.30. The zero-order chi connectivity index (χ0) is 13.1. The van der Waals surface area contributed by atoms with E-state index < -0.39 is 0 Å². The minimum Gasteiger partial charge on any atom is -0.469 e. The molecular weight excluding hydrogens is 229 g/mol. The summed E-state index contributed by atoms with van der Waals surface area (Å²) in [5.74, 6) is 0.691. The van der Waals surface area contributed by atoms with Crippen LogP contribution in [0, 0.1) is 19.7 Å². The number of rotatable bonds is 4. The van der Waals surface area contributed by atoms with Crippen LogP contribution in [0.25, 0.3) is 0 Å². The first-order chi connectivity index (χ1) is 8.61. The fraction of sp³-hybridized carbons (Fsp3) is 0.333. The first kappa shape index (κ1) is 12.8. The van der Waals surface area contributed by atoms with Gasteiger partial charge in [0.1, 0.15) is 11.6 Å². The molecule has 1 aromatic carbocycles. The van der Waals surface area contributed by atoms with Gasteiger partial charge in [0.2, 0.25) is 0 Å². The van der Waals surface area contributed by atoms with Crippen LogP contribution < -0.4 is 5.32 Å². The Hall–Kier alpha value is -1.61. The van der Waals surface area contributed by atoms with E-state index in [1.807, 2.05) is 32.0 Å². The second kappa shape index (κ2) is 5.36. The first-order valence-corrected chi connectivity index (χ1v) is 6.16. The molecule has 0 aliphatic carbocycles. The number of nitrogens with one attached hydrogen (secondary N) is 1. The largest absolute Gasteiger partial charge is 0.469 e. The molecule has 1 heterocycles. The molecule has 0 bridgehead atoms. The minimum atomic E-state index is -0.171. The standard InChI is InChI=1S/C15H18FNO/c1-4-17-15(13-7-11(3)18-9-13)12-6-5-10(2)14(16)8-12/h5-9,15,17H,4H2,1-3H3. The number of furan rings is 1. The van der Waals surface area contributed by atoms with Gasteiger partial charge in [-0.05, 0) is 43.7 Å². The molecule has 0 radical (unpaired) electrons. The summed E-state index contributed by atoms with van der Waals surface area (Å²) in [5.41, 5.74) is 2.61. The van der Waals surface area contributed by atoms with E-state index in [0.717, 1.165) is 23.4 Å². The van der Waals surface area contributed by atoms with Crippen LogP contribution >= 0.6 is 0 Å². The molecular formula is C15H18FNO. The minimum absolute atomic E-state index is 0.0254. The molecule has 1 aromatic heterocycles. The highest BCUT2D eigenvalue weighted by Crippen LogP contribution is 2.25. The van der Waals surface area contributed by atoms with Gasteiger partial charge in [0.05, 0.1) is 12.3 Å². The normalized spacial score (nSPS) is 12.7. The molecule has 0 aliphatic heterocycles. The molecule has 0 saturated heterocycles. The van der Waals surface area contributed by atoms with E-state index in [-0.39, 0.29) is 11.9 Å².